The number of ether oxygens (including phenoxy) is 1. The lowest BCUT2D eigenvalue weighted by Crippen LogP contribution is -2.22. The lowest BCUT2D eigenvalue weighted by atomic mass is 9.90. The van der Waals surface area contributed by atoms with Gasteiger partial charge in [-0.3, -0.25) is 0 Å². The summed E-state index contributed by atoms with van der Waals surface area (Å²) in [5.74, 6) is 0.829. The van der Waals surface area contributed by atoms with Gasteiger partial charge in [-0.25, -0.2) is 0 Å². The largest absolute Gasteiger partial charge is 0.378 e. The number of hydrogen-bond acceptors (Lipinski definition) is 2. The van der Waals surface area contributed by atoms with Gasteiger partial charge in [-0.1, -0.05) is 26.2 Å². The van der Waals surface area contributed by atoms with Crippen LogP contribution in [0.5, 0.6) is 0 Å². The average Bonchev–Trinajstić information content (AvgIpc) is 2.25. The Morgan fingerprint density at radius 1 is 1.29 bits per heavy atom. The standard InChI is InChI=1S/C12H25NO/c1-2-12(8-9-13)14-10-11-6-4-3-5-7-11/h11-12H,2-10,13H2,1H3. The molecule has 2 nitrogen and oxygen atoms in total. The fraction of sp³-hybridized carbons (Fsp3) is 1.00. The van der Waals surface area contributed by atoms with E-state index in [1.54, 1.807) is 0 Å². The smallest absolute Gasteiger partial charge is 0.0584 e. The molecular formula is C12H25NO. The molecule has 1 aliphatic carbocycles. The van der Waals surface area contributed by atoms with E-state index in [4.69, 9.17) is 10.5 Å². The highest BCUT2D eigenvalue weighted by atomic mass is 16.5. The molecular weight excluding hydrogens is 174 g/mol. The van der Waals surface area contributed by atoms with Gasteiger partial charge in [0, 0.05) is 6.61 Å². The molecule has 0 radical (unpaired) electrons. The Balaban J connectivity index is 2.10. The van der Waals surface area contributed by atoms with E-state index in [9.17, 15) is 0 Å². The summed E-state index contributed by atoms with van der Waals surface area (Å²) in [5.41, 5.74) is 5.53. The fourth-order valence-electron chi connectivity index (χ4n) is 2.22. The summed E-state index contributed by atoms with van der Waals surface area (Å²) in [6.45, 7) is 3.91. The molecule has 14 heavy (non-hydrogen) atoms. The lowest BCUT2D eigenvalue weighted by molar-refractivity contribution is 0.0156. The highest BCUT2D eigenvalue weighted by molar-refractivity contribution is 4.66. The Morgan fingerprint density at radius 3 is 2.57 bits per heavy atom. The quantitative estimate of drug-likeness (QED) is 0.714. The van der Waals surface area contributed by atoms with Crippen LogP contribution in [0.3, 0.4) is 0 Å². The molecule has 0 spiro atoms. The normalized spacial score (nSPS) is 21.0. The van der Waals surface area contributed by atoms with Crippen LogP contribution in [0.1, 0.15) is 51.9 Å². The summed E-state index contributed by atoms with van der Waals surface area (Å²) >= 11 is 0. The zero-order chi connectivity index (χ0) is 10.2. The van der Waals surface area contributed by atoms with Gasteiger partial charge in [-0.15, -0.1) is 0 Å². The molecule has 84 valence electrons. The zero-order valence-electron chi connectivity index (χ0n) is 9.50. The molecule has 0 aromatic rings. The average molecular weight is 199 g/mol. The molecule has 0 aromatic heterocycles. The van der Waals surface area contributed by atoms with Crippen LogP contribution in [0.25, 0.3) is 0 Å². The third-order valence-corrected chi connectivity index (χ3v) is 3.24. The number of rotatable bonds is 6. The zero-order valence-corrected chi connectivity index (χ0v) is 9.50. The maximum atomic E-state index is 5.89. The molecule has 0 aliphatic heterocycles. The molecule has 1 saturated carbocycles. The van der Waals surface area contributed by atoms with Crippen LogP contribution < -0.4 is 5.73 Å². The predicted molar refractivity (Wildman–Crippen MR) is 60.3 cm³/mol. The third kappa shape index (κ3) is 4.43. The van der Waals surface area contributed by atoms with Crippen molar-refractivity contribution in [2.24, 2.45) is 11.7 Å². The second-order valence-corrected chi connectivity index (χ2v) is 4.44. The summed E-state index contributed by atoms with van der Waals surface area (Å²) in [6, 6.07) is 0. The Morgan fingerprint density at radius 2 is 2.00 bits per heavy atom. The fourth-order valence-corrected chi connectivity index (χ4v) is 2.22. The first kappa shape index (κ1) is 12.0. The van der Waals surface area contributed by atoms with Crippen molar-refractivity contribution in [3.05, 3.63) is 0 Å². The van der Waals surface area contributed by atoms with E-state index in [0.717, 1.165) is 31.9 Å². The molecule has 0 saturated heterocycles. The minimum Gasteiger partial charge on any atom is -0.378 e. The summed E-state index contributed by atoms with van der Waals surface area (Å²) in [7, 11) is 0. The van der Waals surface area contributed by atoms with E-state index in [1.807, 2.05) is 0 Å². The van der Waals surface area contributed by atoms with Crippen molar-refractivity contribution in [1.82, 2.24) is 0 Å². The Bertz CT molecular complexity index is 128. The van der Waals surface area contributed by atoms with Gasteiger partial charge >= 0.3 is 0 Å². The SMILES string of the molecule is CCC(CCN)OCC1CCCCC1. The van der Waals surface area contributed by atoms with Crippen LogP contribution in [0.2, 0.25) is 0 Å². The van der Waals surface area contributed by atoms with Crippen molar-refractivity contribution >= 4 is 0 Å². The van der Waals surface area contributed by atoms with Crippen LogP contribution in [0.15, 0.2) is 0 Å². The molecule has 1 rings (SSSR count). The second kappa shape index (κ2) is 7.24. The first-order chi connectivity index (χ1) is 6.86. The van der Waals surface area contributed by atoms with E-state index in [-0.39, 0.29) is 0 Å². The number of hydrogen-bond donors (Lipinski definition) is 1. The summed E-state index contributed by atoms with van der Waals surface area (Å²) < 4.78 is 5.89. The van der Waals surface area contributed by atoms with Gasteiger partial charge in [0.15, 0.2) is 0 Å². The molecule has 2 N–H and O–H groups in total. The second-order valence-electron chi connectivity index (χ2n) is 4.44. The minimum atomic E-state index is 0.405. The Labute approximate surface area is 88.2 Å². The van der Waals surface area contributed by atoms with E-state index in [1.165, 1.54) is 32.1 Å². The van der Waals surface area contributed by atoms with Gasteiger partial charge in [0.2, 0.25) is 0 Å². The molecule has 0 heterocycles. The van der Waals surface area contributed by atoms with Crippen molar-refractivity contribution in [3.8, 4) is 0 Å². The topological polar surface area (TPSA) is 35.2 Å². The van der Waals surface area contributed by atoms with Crippen molar-refractivity contribution < 1.29 is 4.74 Å². The molecule has 1 aliphatic rings. The molecule has 0 aromatic carbocycles. The van der Waals surface area contributed by atoms with Crippen molar-refractivity contribution in [2.45, 2.75) is 58.0 Å². The van der Waals surface area contributed by atoms with E-state index >= 15 is 0 Å². The molecule has 0 amide bonds. The first-order valence-corrected chi connectivity index (χ1v) is 6.18. The van der Waals surface area contributed by atoms with Crippen molar-refractivity contribution in [2.75, 3.05) is 13.2 Å². The maximum absolute atomic E-state index is 5.89. The van der Waals surface area contributed by atoms with Gasteiger partial charge in [0.05, 0.1) is 6.10 Å². The summed E-state index contributed by atoms with van der Waals surface area (Å²) in [6.07, 6.45) is 9.51. The summed E-state index contributed by atoms with van der Waals surface area (Å²) in [5, 5.41) is 0. The molecule has 2 heteroatoms. The molecule has 0 bridgehead atoms. The van der Waals surface area contributed by atoms with Crippen LogP contribution in [0, 0.1) is 5.92 Å². The minimum absolute atomic E-state index is 0.405. The Kier molecular flexibility index (Phi) is 6.20. The molecule has 1 unspecified atom stereocenters. The van der Waals surface area contributed by atoms with Gasteiger partial charge in [-0.2, -0.15) is 0 Å². The molecule has 1 atom stereocenters. The Hall–Kier alpha value is -0.0800. The highest BCUT2D eigenvalue weighted by Crippen LogP contribution is 2.24. The predicted octanol–water partition coefficient (Wildman–Crippen LogP) is 2.71. The van der Waals surface area contributed by atoms with Crippen LogP contribution in [-0.2, 0) is 4.74 Å². The van der Waals surface area contributed by atoms with Crippen molar-refractivity contribution in [1.29, 1.82) is 0 Å². The van der Waals surface area contributed by atoms with Gasteiger partial charge in [-0.05, 0) is 38.1 Å². The first-order valence-electron chi connectivity index (χ1n) is 6.18. The van der Waals surface area contributed by atoms with Gasteiger partial charge in [0.1, 0.15) is 0 Å². The van der Waals surface area contributed by atoms with Crippen LogP contribution >= 0.6 is 0 Å². The summed E-state index contributed by atoms with van der Waals surface area (Å²) in [4.78, 5) is 0. The lowest BCUT2D eigenvalue weighted by Gasteiger charge is -2.24. The van der Waals surface area contributed by atoms with Crippen molar-refractivity contribution in [3.63, 3.8) is 0 Å². The van der Waals surface area contributed by atoms with Crippen LogP contribution in [-0.4, -0.2) is 19.3 Å². The van der Waals surface area contributed by atoms with E-state index < -0.39 is 0 Å². The van der Waals surface area contributed by atoms with Gasteiger partial charge in [0.25, 0.3) is 0 Å². The monoisotopic (exact) mass is 199 g/mol. The van der Waals surface area contributed by atoms with Crippen LogP contribution in [0.4, 0.5) is 0 Å². The van der Waals surface area contributed by atoms with Gasteiger partial charge < -0.3 is 10.5 Å². The highest BCUT2D eigenvalue weighted by Gasteiger charge is 2.15. The number of nitrogens with two attached hydrogens (primary N) is 1. The third-order valence-electron chi connectivity index (χ3n) is 3.24. The van der Waals surface area contributed by atoms with E-state index in [0.29, 0.717) is 6.10 Å². The van der Waals surface area contributed by atoms with E-state index in [2.05, 4.69) is 6.92 Å². The maximum Gasteiger partial charge on any atom is 0.0584 e. The molecule has 1 fully saturated rings.